The third kappa shape index (κ3) is 20.9. The van der Waals surface area contributed by atoms with Crippen LogP contribution in [0.15, 0.2) is 96.0 Å². The Morgan fingerprint density at radius 1 is 0.405 bits per heavy atom. The van der Waals surface area contributed by atoms with Gasteiger partial charge in [-0.25, -0.2) is 47.0 Å². The largest absolute Gasteiger partial charge is 0.472 e. The molecule has 5 unspecified atom stereocenters. The predicted molar refractivity (Wildman–Crippen MR) is 387 cm³/mol. The Bertz CT molecular complexity index is 5670. The summed E-state index contributed by atoms with van der Waals surface area (Å²) >= 11 is 5.30. The summed E-state index contributed by atoms with van der Waals surface area (Å²) in [6, 6.07) is 1.21. The Labute approximate surface area is 651 Å². The van der Waals surface area contributed by atoms with Crippen molar-refractivity contribution in [3.63, 3.8) is 0 Å². The molecule has 12 rings (SSSR count). The molecule has 0 radical (unpaired) electrons. The van der Waals surface area contributed by atoms with Crippen LogP contribution >= 0.6 is 38.0 Å². The first kappa shape index (κ1) is 88.0. The number of H-pyrrole nitrogens is 5. The number of nitrogens with zero attached hydrogens (tertiary/aromatic N) is 7. The molecule has 638 valence electrons. The highest BCUT2D eigenvalue weighted by atomic mass is 32.5. The zero-order valence-corrected chi connectivity index (χ0v) is 66.3. The van der Waals surface area contributed by atoms with E-state index in [1.165, 1.54) is 59.3 Å². The lowest BCUT2D eigenvalue weighted by Crippen LogP contribution is -2.33. The van der Waals surface area contributed by atoms with Crippen LogP contribution in [0.5, 0.6) is 0 Å². The molecule has 0 saturated carbocycles. The van der Waals surface area contributed by atoms with Crippen LogP contribution < -0.4 is 67.7 Å². The summed E-state index contributed by atoms with van der Waals surface area (Å²) in [5, 5.41) is 21.0. The fourth-order valence-corrected chi connectivity index (χ4v) is 18.5. The molecule has 6 aliphatic rings. The number of aromatic amines is 5. The first-order valence-corrected chi connectivity index (χ1v) is 43.4. The SMILES string of the molecule is Cc1cn([C@H]2C[C@H](OP(=O)(O)OC[C@H]3O[C@@H](n4cc(C)c(=O)[nH]c4=O)C[C@@H]3OP(=O)(O)OC[C@H]3O[C@@H](n4cc(C)c(=O)[nH]c4=O)C[C@@H]3OP(=O)(O)OC[C@H]3O[C@@H](n4cc(C)c(=O)[nH]c4=O)C[C@@H]3O)[C@@H](COP(=O)(O)O[C@H]3C[C@H](n4ccc(N)nc4=O)O[C@@H]3COP(O)(=S)O[C@H]3C[C@H](n4cc(C)c(=O)[nH]c4=O)O[C@@H]3CO)O2)c(=O)[nH]c1=O. The van der Waals surface area contributed by atoms with Crippen LogP contribution in [0, 0.1) is 34.6 Å². The van der Waals surface area contributed by atoms with Gasteiger partial charge in [0.2, 0.25) is 0 Å². The molecule has 6 aromatic heterocycles. The first-order valence-electron chi connectivity index (χ1n) is 34.8. The molecule has 0 aliphatic carbocycles. The fourth-order valence-electron chi connectivity index (χ4n) is 13.2. The van der Waals surface area contributed by atoms with E-state index in [0.29, 0.717) is 0 Å². The van der Waals surface area contributed by atoms with Gasteiger partial charge in [0.25, 0.3) is 27.8 Å². The first-order chi connectivity index (χ1) is 54.4. The summed E-state index contributed by atoms with van der Waals surface area (Å²) in [7, 11) is -22.2. The Balaban J connectivity index is 0.735. The molecule has 6 aromatic rings. The molecule has 6 saturated heterocycles. The molecule has 6 aliphatic heterocycles. The summed E-state index contributed by atoms with van der Waals surface area (Å²) in [5.41, 5.74) is -3.98. The number of rotatable bonds is 32. The van der Waals surface area contributed by atoms with E-state index in [0.717, 1.165) is 46.0 Å². The minimum atomic E-state index is -5.68. The molecule has 14 N–H and O–H groups in total. The number of aryl methyl sites for hydroxylation is 5. The average molecular weight is 1760 g/mol. The van der Waals surface area contributed by atoms with Crippen molar-refractivity contribution in [3.05, 3.63) is 186 Å². The average Bonchev–Trinajstić information content (AvgIpc) is 1.65. The van der Waals surface area contributed by atoms with Crippen molar-refractivity contribution in [2.45, 2.75) is 184 Å². The number of hydrogen-bond acceptors (Lipinski definition) is 36. The van der Waals surface area contributed by atoms with Crippen LogP contribution in [-0.4, -0.2) is 205 Å². The summed E-state index contributed by atoms with van der Waals surface area (Å²) in [6.45, 7) is -3.66. The molecule has 23 atom stereocenters. The molecule has 0 aromatic carbocycles. The fraction of sp³-hybridized carbons (Fsp3) is 0.593. The van der Waals surface area contributed by atoms with Crippen molar-refractivity contribution < 1.29 is 127 Å². The number of anilines is 1. The van der Waals surface area contributed by atoms with Gasteiger partial charge in [0.05, 0.1) is 51.8 Å². The highest BCUT2D eigenvalue weighted by Crippen LogP contribution is 2.56. The normalized spacial score (nSPS) is 30.1. The highest BCUT2D eigenvalue weighted by Gasteiger charge is 2.51. The minimum Gasteiger partial charge on any atom is -0.394 e. The van der Waals surface area contributed by atoms with E-state index >= 15 is 0 Å². The van der Waals surface area contributed by atoms with Crippen molar-refractivity contribution in [3.8, 4) is 0 Å². The number of nitrogens with one attached hydrogen (secondary N) is 5. The van der Waals surface area contributed by atoms with Gasteiger partial charge in [-0.15, -0.1) is 0 Å². The number of hydrogen-bond donors (Lipinski definition) is 13. The van der Waals surface area contributed by atoms with Crippen LogP contribution in [0.3, 0.4) is 0 Å². The molecule has 6 fully saturated rings. The van der Waals surface area contributed by atoms with Crippen LogP contribution in [0.25, 0.3) is 0 Å². The van der Waals surface area contributed by atoms with Crippen molar-refractivity contribution in [2.75, 3.05) is 45.4 Å². The van der Waals surface area contributed by atoms with E-state index in [1.807, 2.05) is 0 Å². The van der Waals surface area contributed by atoms with E-state index < -0.39 is 276 Å². The minimum absolute atomic E-state index is 0.0207. The molecular formula is C59H78N13O38P5S. The summed E-state index contributed by atoms with van der Waals surface area (Å²) in [5.74, 6) is -0.205. The van der Waals surface area contributed by atoms with E-state index in [4.69, 9.17) is 91.2 Å². The van der Waals surface area contributed by atoms with Gasteiger partial charge in [-0.3, -0.25) is 112 Å². The predicted octanol–water partition coefficient (Wildman–Crippen LogP) is -3.18. The van der Waals surface area contributed by atoms with Gasteiger partial charge in [0.1, 0.15) is 104 Å². The second-order valence-corrected chi connectivity index (χ2v) is 35.8. The van der Waals surface area contributed by atoms with Gasteiger partial charge < -0.3 is 77.9 Å². The Hall–Kier alpha value is -7.27. The number of phosphoric ester groups is 4. The molecular weight excluding hydrogens is 1690 g/mol. The van der Waals surface area contributed by atoms with Crippen molar-refractivity contribution in [2.24, 2.45) is 0 Å². The van der Waals surface area contributed by atoms with E-state index in [2.05, 4.69) is 29.9 Å². The smallest absolute Gasteiger partial charge is 0.394 e. The highest BCUT2D eigenvalue weighted by molar-refractivity contribution is 8.07. The lowest BCUT2D eigenvalue weighted by molar-refractivity contribution is -0.0652. The van der Waals surface area contributed by atoms with Crippen LogP contribution in [0.2, 0.25) is 0 Å². The van der Waals surface area contributed by atoms with Gasteiger partial charge in [0.15, 0.2) is 0 Å². The summed E-state index contributed by atoms with van der Waals surface area (Å²) < 4.78 is 152. The van der Waals surface area contributed by atoms with Gasteiger partial charge >= 0.3 is 72.1 Å². The molecule has 116 heavy (non-hydrogen) atoms. The topological polar surface area (TPSA) is 693 Å². The lowest BCUT2D eigenvalue weighted by atomic mass is 10.2. The van der Waals surface area contributed by atoms with Crippen LogP contribution in [0.4, 0.5) is 5.82 Å². The summed E-state index contributed by atoms with van der Waals surface area (Å²) in [6.07, 6.45) is -23.9. The summed E-state index contributed by atoms with van der Waals surface area (Å²) in [4.78, 5) is 211. The molecule has 0 spiro atoms. The standard InChI is InChI=1S/C59H78N13O38P5S/c1-25-14-68(55(81)62-49(25)75)43-8-30(74)37(101-43)20-95-111(86,87)107-33-11-46(70-16-27(3)51(77)64-57(70)83)103-38(33)21-97-113(90,91)109-35-13-48(72-18-29(5)53(79)66-59(72)85)105-40(35)23-98-114(92,93)108-34-12-47(71-17-28(4)52(78)65-58(71)84)104-39(34)22-96-112(88,89)106-32-10-44(67-7-6-42(60)61-54(67)80)102-41(32)24-99-115(94,116)110-31-9-45(100-36(31)19-73)69-15-26(2)50(76)63-56(69)82/h6-7,14-18,30-41,43-48,73-74H,8-13,19-24H2,1-5H3,(H,86,87)(H,88,89)(H,90,91)(H,92,93)(H,94,116)(H2,60,61,80)(H,62,75,81)(H,63,76,82)(H,64,77,83)(H,65,78,84)(H,66,79,85)/t30-,31-,32-,33-,34-,35-,36+,37+,38+,39+,40+,41+,43+,44+,45+,46+,47+,48+,115?/m0/s1. The number of aliphatic hydroxyl groups is 2. The quantitative estimate of drug-likeness (QED) is 0.0185. The van der Waals surface area contributed by atoms with Gasteiger partial charge in [-0.05, 0) is 52.5 Å². The van der Waals surface area contributed by atoms with E-state index in [1.54, 1.807) is 0 Å². The van der Waals surface area contributed by atoms with E-state index in [9.17, 15) is 106 Å². The maximum absolute atomic E-state index is 14.3. The maximum Gasteiger partial charge on any atom is 0.472 e. The number of ether oxygens (including phenoxy) is 6. The van der Waals surface area contributed by atoms with Crippen molar-refractivity contribution >= 4 is 55.6 Å². The van der Waals surface area contributed by atoms with Gasteiger partial charge in [0, 0.05) is 104 Å². The van der Waals surface area contributed by atoms with Crippen molar-refractivity contribution in [1.82, 2.24) is 57.3 Å². The maximum atomic E-state index is 14.3. The number of nitrogen functional groups attached to an aromatic ring is 1. The van der Waals surface area contributed by atoms with E-state index in [-0.39, 0.29) is 46.5 Å². The third-order valence-corrected chi connectivity index (χ3v) is 24.7. The number of aliphatic hydroxyl groups excluding tert-OH is 2. The van der Waals surface area contributed by atoms with Crippen LogP contribution in [0.1, 0.15) is 104 Å². The zero-order chi connectivity index (χ0) is 84.2. The Morgan fingerprint density at radius 3 is 0.948 bits per heavy atom. The number of aromatic nitrogens is 12. The number of nitrogens with two attached hydrogens (primary N) is 1. The number of phosphoric acid groups is 4. The van der Waals surface area contributed by atoms with Crippen LogP contribution in [-0.2, 0) is 104 Å². The molecule has 0 bridgehead atoms. The molecule has 57 heteroatoms. The second kappa shape index (κ2) is 35.2. The molecule has 51 nitrogen and oxygen atoms in total. The van der Waals surface area contributed by atoms with Crippen molar-refractivity contribution in [1.29, 1.82) is 0 Å². The lowest BCUT2D eigenvalue weighted by Gasteiger charge is -2.26. The zero-order valence-electron chi connectivity index (χ0n) is 61.1. The van der Waals surface area contributed by atoms with Gasteiger partial charge in [-0.2, -0.15) is 4.98 Å². The van der Waals surface area contributed by atoms with Gasteiger partial charge in [-0.1, -0.05) is 0 Å². The molecule has 0 amide bonds. The second-order valence-electron chi connectivity index (χ2n) is 27.4. The Morgan fingerprint density at radius 2 is 0.655 bits per heavy atom. The third-order valence-electron chi connectivity index (χ3n) is 19.1. The molecule has 12 heterocycles. The Kier molecular flexibility index (Phi) is 26.7. The monoisotopic (exact) mass is 1760 g/mol.